The van der Waals surface area contributed by atoms with Crippen LogP contribution < -0.4 is 10.6 Å². The molecule has 14 heteroatoms. The molecule has 2 fully saturated rings. The number of benzene rings is 2. The Labute approximate surface area is 337 Å². The molecular weight excluding hydrogens is 749 g/mol. The molecule has 0 aliphatic carbocycles. The van der Waals surface area contributed by atoms with Crippen molar-refractivity contribution < 1.29 is 28.7 Å². The van der Waals surface area contributed by atoms with E-state index in [1.165, 1.54) is 14.2 Å². The number of rotatable bonds is 13. The second-order valence-corrected chi connectivity index (χ2v) is 17.4. The highest BCUT2D eigenvalue weighted by atomic mass is 32.1. The molecule has 4 amide bonds. The Morgan fingerprint density at radius 1 is 0.643 bits per heavy atom. The Balaban J connectivity index is 1.10. The minimum absolute atomic E-state index is 0.0940. The number of hydrogen-bond acceptors (Lipinski definition) is 10. The summed E-state index contributed by atoms with van der Waals surface area (Å²) >= 11 is 3.21. The lowest BCUT2D eigenvalue weighted by molar-refractivity contribution is -0.135. The molecular formula is C42H52N6O6S2. The molecule has 6 rings (SSSR count). The number of nitrogens with one attached hydrogen (secondary N) is 2. The van der Waals surface area contributed by atoms with E-state index in [2.05, 4.69) is 59.2 Å². The first kappa shape index (κ1) is 40.8. The molecule has 4 aromatic rings. The quantitative estimate of drug-likeness (QED) is 0.137. The zero-order valence-electron chi connectivity index (χ0n) is 32.9. The highest BCUT2D eigenvalue weighted by Crippen LogP contribution is 2.40. The third-order valence-corrected chi connectivity index (χ3v) is 12.6. The summed E-state index contributed by atoms with van der Waals surface area (Å²) in [7, 11) is 2.61. The van der Waals surface area contributed by atoms with Crippen LogP contribution in [0.2, 0.25) is 0 Å². The summed E-state index contributed by atoms with van der Waals surface area (Å²) in [6.07, 6.45) is 7.05. The van der Waals surface area contributed by atoms with Gasteiger partial charge in [-0.3, -0.25) is 9.59 Å². The summed E-state index contributed by atoms with van der Waals surface area (Å²) in [5.41, 5.74) is 4.30. The van der Waals surface area contributed by atoms with Gasteiger partial charge < -0.3 is 29.9 Å². The van der Waals surface area contributed by atoms with Gasteiger partial charge in [-0.1, -0.05) is 76.2 Å². The minimum atomic E-state index is -0.643. The van der Waals surface area contributed by atoms with Gasteiger partial charge in [-0.05, 0) is 72.6 Å². The standard InChI is InChI=1S/C42H52N6O6S2/c1-25(2)21-31(45-41(51)53-5)39(49)47-19-7-9-33(47)37-43-23-35(55-37)29-15-11-27(12-16-29)28-13-17-30(18-14-28)36-24-44-38(56-36)34-10-8-20-48(34)40(50)32(22-26(3)4)46-42(52)54-6/h11-18,23-26,31-34H,7-10,19-22H2,1-6H3,(H,45,51)(H,46,52)/t31-,32-,33-,34-/m0/s1. The Kier molecular flexibility index (Phi) is 13.4. The van der Waals surface area contributed by atoms with Crippen molar-refractivity contribution in [2.24, 2.45) is 11.8 Å². The van der Waals surface area contributed by atoms with Crippen molar-refractivity contribution >= 4 is 46.7 Å². The van der Waals surface area contributed by atoms with Gasteiger partial charge in [0.25, 0.3) is 0 Å². The zero-order chi connectivity index (χ0) is 39.9. The number of alkyl carbamates (subject to hydrolysis) is 2. The molecule has 0 radical (unpaired) electrons. The van der Waals surface area contributed by atoms with Gasteiger partial charge in [0.05, 0.1) is 36.1 Å². The van der Waals surface area contributed by atoms with Crippen molar-refractivity contribution in [3.05, 3.63) is 70.9 Å². The highest BCUT2D eigenvalue weighted by molar-refractivity contribution is 7.15. The Hall–Kier alpha value is -4.82. The summed E-state index contributed by atoms with van der Waals surface area (Å²) in [5.74, 6) is 0.261. The van der Waals surface area contributed by atoms with Gasteiger partial charge in [0, 0.05) is 25.5 Å². The van der Waals surface area contributed by atoms with Crippen molar-refractivity contribution in [1.82, 2.24) is 30.4 Å². The SMILES string of the molecule is COC(=O)N[C@@H](CC(C)C)C(=O)N1CCC[C@H]1c1ncc(-c2ccc(-c3ccc(-c4cnc([C@@H]5CCCN5C(=O)[C@H](CC(C)C)NC(=O)OC)s4)cc3)cc2)s1. The van der Waals surface area contributed by atoms with Crippen LogP contribution in [0.4, 0.5) is 9.59 Å². The second kappa shape index (κ2) is 18.4. The van der Waals surface area contributed by atoms with E-state index in [1.807, 2.05) is 49.9 Å². The second-order valence-electron chi connectivity index (χ2n) is 15.3. The number of amides is 4. The number of likely N-dealkylation sites (tertiary alicyclic amines) is 2. The number of hydrogen-bond donors (Lipinski definition) is 2. The summed E-state index contributed by atoms with van der Waals surface area (Å²) in [5, 5.41) is 7.28. The van der Waals surface area contributed by atoms with Crippen molar-refractivity contribution in [2.45, 2.75) is 90.4 Å². The molecule has 2 N–H and O–H groups in total. The molecule has 12 nitrogen and oxygen atoms in total. The summed E-state index contributed by atoms with van der Waals surface area (Å²) < 4.78 is 9.59. The minimum Gasteiger partial charge on any atom is -0.453 e. The molecule has 2 aromatic carbocycles. The van der Waals surface area contributed by atoms with Gasteiger partial charge in [-0.2, -0.15) is 0 Å². The van der Waals surface area contributed by atoms with Crippen molar-refractivity contribution in [2.75, 3.05) is 27.3 Å². The van der Waals surface area contributed by atoms with Crippen LogP contribution >= 0.6 is 22.7 Å². The maximum atomic E-state index is 13.6. The van der Waals surface area contributed by atoms with Crippen LogP contribution in [-0.2, 0) is 19.1 Å². The van der Waals surface area contributed by atoms with Gasteiger partial charge in [0.2, 0.25) is 11.8 Å². The molecule has 56 heavy (non-hydrogen) atoms. The van der Waals surface area contributed by atoms with Gasteiger partial charge in [0.15, 0.2) is 0 Å². The molecule has 4 heterocycles. The van der Waals surface area contributed by atoms with Gasteiger partial charge in [-0.15, -0.1) is 22.7 Å². The Morgan fingerprint density at radius 3 is 1.34 bits per heavy atom. The third-order valence-electron chi connectivity index (χ3n) is 10.3. The van der Waals surface area contributed by atoms with Gasteiger partial charge in [0.1, 0.15) is 22.1 Å². The van der Waals surface area contributed by atoms with Gasteiger partial charge in [-0.25, -0.2) is 19.6 Å². The maximum Gasteiger partial charge on any atom is 0.407 e. The molecule has 4 atom stereocenters. The molecule has 2 aromatic heterocycles. The number of nitrogens with zero attached hydrogens (tertiary/aromatic N) is 4. The highest BCUT2D eigenvalue weighted by Gasteiger charge is 2.38. The molecule has 0 saturated carbocycles. The number of ether oxygens (including phenoxy) is 2. The first-order valence-corrected chi connectivity index (χ1v) is 21.0. The largest absolute Gasteiger partial charge is 0.453 e. The lowest BCUT2D eigenvalue weighted by Crippen LogP contribution is -2.48. The summed E-state index contributed by atoms with van der Waals surface area (Å²) in [6.45, 7) is 9.38. The Morgan fingerprint density at radius 2 is 1.00 bits per heavy atom. The molecule has 0 bridgehead atoms. The van der Waals surface area contributed by atoms with E-state index in [4.69, 9.17) is 19.4 Å². The van der Waals surface area contributed by atoms with E-state index >= 15 is 0 Å². The molecule has 2 saturated heterocycles. The number of carbonyl (C=O) groups is 4. The zero-order valence-corrected chi connectivity index (χ0v) is 34.6. The van der Waals surface area contributed by atoms with Crippen molar-refractivity contribution in [1.29, 1.82) is 0 Å². The third kappa shape index (κ3) is 9.58. The fourth-order valence-electron chi connectivity index (χ4n) is 7.57. The fourth-order valence-corrected chi connectivity index (χ4v) is 9.71. The lowest BCUT2D eigenvalue weighted by atomic mass is 10.0. The van der Waals surface area contributed by atoms with Crippen LogP contribution in [0.1, 0.15) is 88.3 Å². The Bertz CT molecular complexity index is 1840. The van der Waals surface area contributed by atoms with Crippen LogP contribution in [0.3, 0.4) is 0 Å². The molecule has 0 spiro atoms. The van der Waals surface area contributed by atoms with E-state index in [0.717, 1.165) is 67.7 Å². The van der Waals surface area contributed by atoms with Crippen LogP contribution in [0.25, 0.3) is 32.0 Å². The predicted molar refractivity (Wildman–Crippen MR) is 219 cm³/mol. The number of thiazole rings is 2. The first-order chi connectivity index (χ1) is 26.9. The fraction of sp³-hybridized carbons (Fsp3) is 0.476. The maximum absolute atomic E-state index is 13.6. The lowest BCUT2D eigenvalue weighted by Gasteiger charge is -2.28. The number of aromatic nitrogens is 2. The van der Waals surface area contributed by atoms with Crippen LogP contribution in [0.5, 0.6) is 0 Å². The van der Waals surface area contributed by atoms with Crippen molar-refractivity contribution in [3.8, 4) is 32.0 Å². The average molecular weight is 801 g/mol. The van der Waals surface area contributed by atoms with E-state index in [1.54, 1.807) is 22.7 Å². The summed E-state index contributed by atoms with van der Waals surface area (Å²) in [4.78, 5) is 66.7. The molecule has 0 unspecified atom stereocenters. The van der Waals surface area contributed by atoms with E-state index in [-0.39, 0.29) is 35.7 Å². The van der Waals surface area contributed by atoms with Crippen LogP contribution in [0, 0.1) is 11.8 Å². The molecule has 2 aliphatic rings. The van der Waals surface area contributed by atoms with Gasteiger partial charge >= 0.3 is 12.2 Å². The van der Waals surface area contributed by atoms with E-state index < -0.39 is 24.3 Å². The van der Waals surface area contributed by atoms with Crippen LogP contribution in [-0.4, -0.2) is 83.2 Å². The number of methoxy groups -OCH3 is 2. The van der Waals surface area contributed by atoms with E-state index in [0.29, 0.717) is 25.9 Å². The normalized spacial score (nSPS) is 17.9. The topological polar surface area (TPSA) is 143 Å². The first-order valence-electron chi connectivity index (χ1n) is 19.4. The predicted octanol–water partition coefficient (Wildman–Crippen LogP) is 8.47. The smallest absolute Gasteiger partial charge is 0.407 e. The summed E-state index contributed by atoms with van der Waals surface area (Å²) in [6, 6.07) is 15.3. The average Bonchev–Trinajstić information content (AvgIpc) is 4.03. The monoisotopic (exact) mass is 800 g/mol. The molecule has 298 valence electrons. The molecule has 2 aliphatic heterocycles. The van der Waals surface area contributed by atoms with Crippen LogP contribution in [0.15, 0.2) is 60.9 Å². The van der Waals surface area contributed by atoms with Crippen molar-refractivity contribution in [3.63, 3.8) is 0 Å². The number of carbonyl (C=O) groups excluding carboxylic acids is 4. The van der Waals surface area contributed by atoms with E-state index in [9.17, 15) is 19.2 Å².